The van der Waals surface area contributed by atoms with Crippen LogP contribution in [0.2, 0.25) is 0 Å². The molecule has 1 aliphatic carbocycles. The molecule has 6 heteroatoms. The van der Waals surface area contributed by atoms with Gasteiger partial charge in [-0.2, -0.15) is 0 Å². The van der Waals surface area contributed by atoms with Crippen LogP contribution in [0.3, 0.4) is 0 Å². The van der Waals surface area contributed by atoms with Gasteiger partial charge in [-0.05, 0) is 67.3 Å². The summed E-state index contributed by atoms with van der Waals surface area (Å²) >= 11 is 10.6. The third kappa shape index (κ3) is 5.62. The lowest BCUT2D eigenvalue weighted by Crippen LogP contribution is -2.53. The molecule has 0 radical (unpaired) electrons. The molecule has 0 heterocycles. The topological polar surface area (TPSA) is 48.1 Å². The molecule has 0 aromatic heterocycles. The largest absolute Gasteiger partial charge is 0.358 e. The summed E-state index contributed by atoms with van der Waals surface area (Å²) in [6.45, 7) is 6.65. The molecule has 0 saturated heterocycles. The van der Waals surface area contributed by atoms with Crippen LogP contribution in [0, 0.1) is 18.8 Å². The van der Waals surface area contributed by atoms with Crippen LogP contribution in [0.1, 0.15) is 38.7 Å². The van der Waals surface area contributed by atoms with Crippen molar-refractivity contribution < 1.29 is 0 Å². The van der Waals surface area contributed by atoms with Crippen molar-refractivity contribution in [3.8, 4) is 0 Å². The van der Waals surface area contributed by atoms with E-state index in [9.17, 15) is 0 Å². The Morgan fingerprint density at radius 1 is 1.09 bits per heavy atom. The molecule has 0 amide bonds. The fourth-order valence-corrected chi connectivity index (χ4v) is 3.36. The Balaban J connectivity index is 1.74. The van der Waals surface area contributed by atoms with Gasteiger partial charge in [0.2, 0.25) is 0 Å². The Kier molecular flexibility index (Phi) is 6.59. The lowest BCUT2D eigenvalue weighted by Gasteiger charge is -2.35. The number of thiocarbonyl (C=S) groups is 2. The maximum atomic E-state index is 5.36. The van der Waals surface area contributed by atoms with E-state index in [1.54, 1.807) is 0 Å². The van der Waals surface area contributed by atoms with Gasteiger partial charge in [0.15, 0.2) is 10.2 Å². The minimum Gasteiger partial charge on any atom is -0.358 e. The van der Waals surface area contributed by atoms with E-state index in [2.05, 4.69) is 35.3 Å². The summed E-state index contributed by atoms with van der Waals surface area (Å²) in [6.07, 6.45) is 3.73. The van der Waals surface area contributed by atoms with Crippen LogP contribution < -0.4 is 21.5 Å². The summed E-state index contributed by atoms with van der Waals surface area (Å²) in [7, 11) is 0. The van der Waals surface area contributed by atoms with Crippen molar-refractivity contribution in [3.63, 3.8) is 0 Å². The molecule has 4 N–H and O–H groups in total. The molecule has 1 aromatic carbocycles. The predicted molar refractivity (Wildman–Crippen MR) is 105 cm³/mol. The van der Waals surface area contributed by atoms with Gasteiger partial charge in [-0.3, -0.25) is 10.9 Å². The first-order valence-electron chi connectivity index (χ1n) is 8.16. The molecule has 0 bridgehead atoms. The lowest BCUT2D eigenvalue weighted by molar-refractivity contribution is 0.224. The summed E-state index contributed by atoms with van der Waals surface area (Å²) in [5, 5.41) is 7.60. The van der Waals surface area contributed by atoms with Crippen molar-refractivity contribution in [2.75, 3.05) is 5.32 Å². The normalized spacial score (nSPS) is 23.7. The molecule has 23 heavy (non-hydrogen) atoms. The second kappa shape index (κ2) is 8.45. The van der Waals surface area contributed by atoms with E-state index in [1.807, 2.05) is 31.2 Å². The van der Waals surface area contributed by atoms with E-state index in [0.29, 0.717) is 22.2 Å². The molecule has 1 fully saturated rings. The molecule has 0 aliphatic heterocycles. The van der Waals surface area contributed by atoms with E-state index in [4.69, 9.17) is 24.4 Å². The van der Waals surface area contributed by atoms with Gasteiger partial charge in [0.25, 0.3) is 0 Å². The summed E-state index contributed by atoms with van der Waals surface area (Å²) in [6, 6.07) is 8.48. The zero-order chi connectivity index (χ0) is 16.8. The zero-order valence-electron chi connectivity index (χ0n) is 14.0. The van der Waals surface area contributed by atoms with Crippen LogP contribution in [-0.4, -0.2) is 16.3 Å². The maximum absolute atomic E-state index is 5.36. The van der Waals surface area contributed by atoms with Crippen molar-refractivity contribution >= 4 is 40.3 Å². The Hall–Kier alpha value is -1.40. The molecule has 3 atom stereocenters. The molecular weight excluding hydrogens is 324 g/mol. The van der Waals surface area contributed by atoms with Crippen LogP contribution in [0.5, 0.6) is 0 Å². The highest BCUT2D eigenvalue weighted by atomic mass is 32.1. The third-order valence-electron chi connectivity index (χ3n) is 4.59. The quantitative estimate of drug-likeness (QED) is 0.484. The standard InChI is InChI=1S/C17H26N4S2/c1-11-6-4-8-14(10-11)18-16(22)20-21-17(23)19-15-9-5-7-12(2)13(15)3/h4,6,8,10,12-13,15H,5,7,9H2,1-3H3,(H2,18,20,22)(H2,19,21,23)/t12-,13-,15-/m0/s1. The highest BCUT2D eigenvalue weighted by Gasteiger charge is 2.27. The first-order valence-corrected chi connectivity index (χ1v) is 8.97. The number of benzene rings is 1. The van der Waals surface area contributed by atoms with E-state index < -0.39 is 0 Å². The number of hydrogen-bond donors (Lipinski definition) is 4. The van der Waals surface area contributed by atoms with Gasteiger partial charge < -0.3 is 10.6 Å². The Morgan fingerprint density at radius 2 is 1.83 bits per heavy atom. The molecule has 4 nitrogen and oxygen atoms in total. The van der Waals surface area contributed by atoms with Gasteiger partial charge in [0.05, 0.1) is 0 Å². The van der Waals surface area contributed by atoms with Gasteiger partial charge in [0, 0.05) is 11.7 Å². The highest BCUT2D eigenvalue weighted by molar-refractivity contribution is 7.80. The summed E-state index contributed by atoms with van der Waals surface area (Å²) < 4.78 is 0. The zero-order valence-corrected chi connectivity index (χ0v) is 15.6. The van der Waals surface area contributed by atoms with Crippen LogP contribution in [0.25, 0.3) is 0 Å². The number of hydrogen-bond acceptors (Lipinski definition) is 2. The van der Waals surface area contributed by atoms with E-state index in [0.717, 1.165) is 11.6 Å². The summed E-state index contributed by atoms with van der Waals surface area (Å²) in [5.74, 6) is 1.36. The highest BCUT2D eigenvalue weighted by Crippen LogP contribution is 2.29. The van der Waals surface area contributed by atoms with Crippen molar-refractivity contribution in [2.24, 2.45) is 11.8 Å². The Morgan fingerprint density at radius 3 is 2.57 bits per heavy atom. The molecule has 1 aromatic rings. The predicted octanol–water partition coefficient (Wildman–Crippen LogP) is 3.49. The number of aryl methyl sites for hydroxylation is 1. The van der Waals surface area contributed by atoms with Crippen molar-refractivity contribution in [3.05, 3.63) is 29.8 Å². The number of anilines is 1. The average Bonchev–Trinajstić information content (AvgIpc) is 2.50. The van der Waals surface area contributed by atoms with Crippen molar-refractivity contribution in [1.82, 2.24) is 16.2 Å². The van der Waals surface area contributed by atoms with Gasteiger partial charge in [-0.15, -0.1) is 0 Å². The minimum absolute atomic E-state index is 0.429. The fourth-order valence-electron chi connectivity index (χ4n) is 2.99. The van der Waals surface area contributed by atoms with Crippen LogP contribution >= 0.6 is 24.4 Å². The third-order valence-corrected chi connectivity index (χ3v) is 5.01. The number of nitrogens with one attached hydrogen (secondary N) is 4. The molecule has 0 unspecified atom stereocenters. The molecule has 0 spiro atoms. The van der Waals surface area contributed by atoms with Gasteiger partial charge in [-0.1, -0.05) is 38.8 Å². The lowest BCUT2D eigenvalue weighted by atomic mass is 9.78. The number of hydrazine groups is 1. The van der Waals surface area contributed by atoms with E-state index >= 15 is 0 Å². The molecule has 1 aliphatic rings. The van der Waals surface area contributed by atoms with Gasteiger partial charge in [-0.25, -0.2) is 0 Å². The van der Waals surface area contributed by atoms with Crippen molar-refractivity contribution in [2.45, 2.75) is 46.1 Å². The number of rotatable bonds is 2. The Labute approximate surface area is 149 Å². The minimum atomic E-state index is 0.429. The van der Waals surface area contributed by atoms with Crippen molar-refractivity contribution in [1.29, 1.82) is 0 Å². The second-order valence-corrected chi connectivity index (χ2v) is 7.24. The summed E-state index contributed by atoms with van der Waals surface area (Å²) in [4.78, 5) is 0. The summed E-state index contributed by atoms with van der Waals surface area (Å²) in [5.41, 5.74) is 8.04. The first-order chi connectivity index (χ1) is 11.0. The average molecular weight is 351 g/mol. The van der Waals surface area contributed by atoms with Crippen LogP contribution in [0.15, 0.2) is 24.3 Å². The molecule has 126 valence electrons. The Bertz CT molecular complexity index is 561. The second-order valence-electron chi connectivity index (χ2n) is 6.42. The van der Waals surface area contributed by atoms with Gasteiger partial charge >= 0.3 is 0 Å². The molecule has 2 rings (SSSR count). The maximum Gasteiger partial charge on any atom is 0.189 e. The van der Waals surface area contributed by atoms with Crippen LogP contribution in [-0.2, 0) is 0 Å². The molecular formula is C17H26N4S2. The van der Waals surface area contributed by atoms with Crippen LogP contribution in [0.4, 0.5) is 5.69 Å². The SMILES string of the molecule is Cc1cccc(NC(=S)NNC(=S)N[C@H]2CCC[C@H](C)[C@@H]2C)c1. The van der Waals surface area contributed by atoms with E-state index in [1.165, 1.54) is 24.8 Å². The van der Waals surface area contributed by atoms with Gasteiger partial charge in [0.1, 0.15) is 0 Å². The van der Waals surface area contributed by atoms with E-state index in [-0.39, 0.29) is 0 Å². The monoisotopic (exact) mass is 350 g/mol. The fraction of sp³-hybridized carbons (Fsp3) is 0.529. The smallest absolute Gasteiger partial charge is 0.189 e. The molecule has 1 saturated carbocycles. The first kappa shape index (κ1) is 17.9.